The smallest absolute Gasteiger partial charge is 0.241 e. The molecule has 0 aliphatic carbocycles. The molecular formula is C17H26N2O. The van der Waals surface area contributed by atoms with Gasteiger partial charge in [0.15, 0.2) is 0 Å². The van der Waals surface area contributed by atoms with Crippen molar-refractivity contribution in [1.82, 2.24) is 10.2 Å². The number of hydrogen-bond donors (Lipinski definition) is 1. The van der Waals surface area contributed by atoms with Gasteiger partial charge in [0.05, 0.1) is 6.04 Å². The fraction of sp³-hybridized carbons (Fsp3) is 0.588. The van der Waals surface area contributed by atoms with E-state index in [2.05, 4.69) is 44.3 Å². The number of hydrogen-bond acceptors (Lipinski definition) is 2. The number of carbonyl (C=O) groups excluding carboxylic acids is 1. The number of benzene rings is 1. The molecule has 2 rings (SSSR count). The van der Waals surface area contributed by atoms with Crippen LogP contribution in [0.5, 0.6) is 0 Å². The van der Waals surface area contributed by atoms with Gasteiger partial charge in [-0.2, -0.15) is 0 Å². The molecule has 1 N–H and O–H groups in total. The number of rotatable bonds is 6. The zero-order valence-corrected chi connectivity index (χ0v) is 12.9. The molecule has 0 saturated carbocycles. The van der Waals surface area contributed by atoms with E-state index < -0.39 is 0 Å². The van der Waals surface area contributed by atoms with Gasteiger partial charge in [-0.3, -0.25) is 10.1 Å². The van der Waals surface area contributed by atoms with Gasteiger partial charge >= 0.3 is 0 Å². The molecule has 1 aromatic rings. The second-order valence-electron chi connectivity index (χ2n) is 5.63. The van der Waals surface area contributed by atoms with Gasteiger partial charge in [0.25, 0.3) is 0 Å². The number of unbranched alkanes of at least 4 members (excludes halogenated alkanes) is 2. The Kier molecular flexibility index (Phi) is 5.18. The average molecular weight is 274 g/mol. The lowest BCUT2D eigenvalue weighted by Crippen LogP contribution is -2.32. The molecule has 0 aromatic heterocycles. The Morgan fingerprint density at radius 3 is 2.60 bits per heavy atom. The normalized spacial score (nSPS) is 22.6. The van der Waals surface area contributed by atoms with Gasteiger partial charge in [-0.05, 0) is 30.9 Å². The molecule has 1 heterocycles. The molecule has 1 amide bonds. The van der Waals surface area contributed by atoms with E-state index in [0.29, 0.717) is 0 Å². The zero-order valence-electron chi connectivity index (χ0n) is 12.9. The SMILES string of the molecule is CCCCCN1C(=O)C(CC)NC1c1ccccc1C. The summed E-state index contributed by atoms with van der Waals surface area (Å²) in [6.07, 6.45) is 4.35. The van der Waals surface area contributed by atoms with E-state index in [1.54, 1.807) is 0 Å². The molecule has 0 radical (unpaired) electrons. The van der Waals surface area contributed by atoms with Crippen molar-refractivity contribution in [2.45, 2.75) is 58.7 Å². The van der Waals surface area contributed by atoms with Crippen molar-refractivity contribution < 1.29 is 4.79 Å². The third kappa shape index (κ3) is 3.04. The molecule has 3 nitrogen and oxygen atoms in total. The zero-order chi connectivity index (χ0) is 14.5. The largest absolute Gasteiger partial charge is 0.322 e. The topological polar surface area (TPSA) is 32.3 Å². The van der Waals surface area contributed by atoms with Crippen LogP contribution < -0.4 is 5.32 Å². The maximum Gasteiger partial charge on any atom is 0.241 e. The summed E-state index contributed by atoms with van der Waals surface area (Å²) in [4.78, 5) is 14.5. The van der Waals surface area contributed by atoms with Crippen LogP contribution in [-0.4, -0.2) is 23.4 Å². The first-order valence-corrected chi connectivity index (χ1v) is 7.81. The summed E-state index contributed by atoms with van der Waals surface area (Å²) < 4.78 is 0. The quantitative estimate of drug-likeness (QED) is 0.806. The number of amides is 1. The van der Waals surface area contributed by atoms with Crippen molar-refractivity contribution in [1.29, 1.82) is 0 Å². The summed E-state index contributed by atoms with van der Waals surface area (Å²) in [6, 6.07) is 8.32. The average Bonchev–Trinajstić information content (AvgIpc) is 2.77. The van der Waals surface area contributed by atoms with Gasteiger partial charge in [0.2, 0.25) is 5.91 Å². The minimum atomic E-state index is -0.0266. The lowest BCUT2D eigenvalue weighted by atomic mass is 10.1. The Hall–Kier alpha value is -1.35. The Morgan fingerprint density at radius 2 is 1.95 bits per heavy atom. The van der Waals surface area contributed by atoms with E-state index in [4.69, 9.17) is 0 Å². The van der Waals surface area contributed by atoms with Crippen LogP contribution >= 0.6 is 0 Å². The van der Waals surface area contributed by atoms with Crippen LogP contribution in [0, 0.1) is 6.92 Å². The Labute approximate surface area is 122 Å². The molecule has 2 unspecified atom stereocenters. The third-order valence-corrected chi connectivity index (χ3v) is 4.15. The number of aryl methyl sites for hydroxylation is 1. The predicted molar refractivity (Wildman–Crippen MR) is 82.4 cm³/mol. The summed E-state index contributed by atoms with van der Waals surface area (Å²) in [5, 5.41) is 3.50. The predicted octanol–water partition coefficient (Wildman–Crippen LogP) is 3.39. The molecule has 20 heavy (non-hydrogen) atoms. The van der Waals surface area contributed by atoms with Gasteiger partial charge in [0, 0.05) is 6.54 Å². The molecular weight excluding hydrogens is 248 g/mol. The van der Waals surface area contributed by atoms with E-state index in [0.717, 1.165) is 19.4 Å². The van der Waals surface area contributed by atoms with E-state index in [1.165, 1.54) is 24.0 Å². The number of nitrogens with one attached hydrogen (secondary N) is 1. The fourth-order valence-electron chi connectivity index (χ4n) is 2.89. The molecule has 0 bridgehead atoms. The summed E-state index contributed by atoms with van der Waals surface area (Å²) in [6.45, 7) is 7.23. The van der Waals surface area contributed by atoms with E-state index in [-0.39, 0.29) is 18.1 Å². The van der Waals surface area contributed by atoms with Gasteiger partial charge in [0.1, 0.15) is 6.17 Å². The molecule has 0 spiro atoms. The van der Waals surface area contributed by atoms with Gasteiger partial charge in [-0.25, -0.2) is 0 Å². The fourth-order valence-corrected chi connectivity index (χ4v) is 2.89. The van der Waals surface area contributed by atoms with Crippen LogP contribution in [0.25, 0.3) is 0 Å². The summed E-state index contributed by atoms with van der Waals surface area (Å²) in [5.74, 6) is 0.261. The highest BCUT2D eigenvalue weighted by Crippen LogP contribution is 2.28. The van der Waals surface area contributed by atoms with Gasteiger partial charge in [-0.15, -0.1) is 0 Å². The lowest BCUT2D eigenvalue weighted by Gasteiger charge is -2.25. The maximum atomic E-state index is 12.5. The van der Waals surface area contributed by atoms with E-state index in [1.807, 2.05) is 11.0 Å². The molecule has 1 aromatic carbocycles. The summed E-state index contributed by atoms with van der Waals surface area (Å²) in [7, 11) is 0. The van der Waals surface area contributed by atoms with Crippen LogP contribution in [0.2, 0.25) is 0 Å². The number of nitrogens with zero attached hydrogens (tertiary/aromatic N) is 1. The highest BCUT2D eigenvalue weighted by Gasteiger charge is 2.38. The standard InChI is InChI=1S/C17H26N2O/c1-4-6-9-12-19-16(18-15(5-2)17(19)20)14-11-8-7-10-13(14)3/h7-8,10-11,15-16,18H,4-6,9,12H2,1-3H3. The highest BCUT2D eigenvalue weighted by atomic mass is 16.2. The first-order chi connectivity index (χ1) is 9.69. The van der Waals surface area contributed by atoms with Crippen LogP contribution in [0.1, 0.15) is 56.8 Å². The monoisotopic (exact) mass is 274 g/mol. The van der Waals surface area contributed by atoms with Crippen LogP contribution in [-0.2, 0) is 4.79 Å². The molecule has 1 aliphatic heterocycles. The number of carbonyl (C=O) groups is 1. The minimum Gasteiger partial charge on any atom is -0.322 e. The highest BCUT2D eigenvalue weighted by molar-refractivity contribution is 5.84. The molecule has 2 atom stereocenters. The van der Waals surface area contributed by atoms with Crippen molar-refractivity contribution in [3.05, 3.63) is 35.4 Å². The van der Waals surface area contributed by atoms with E-state index in [9.17, 15) is 4.79 Å². The molecule has 110 valence electrons. The second-order valence-corrected chi connectivity index (χ2v) is 5.63. The van der Waals surface area contributed by atoms with E-state index >= 15 is 0 Å². The maximum absolute atomic E-state index is 12.5. The van der Waals surface area contributed by atoms with Crippen molar-refractivity contribution in [2.24, 2.45) is 0 Å². The molecule has 1 saturated heterocycles. The Morgan fingerprint density at radius 1 is 1.20 bits per heavy atom. The molecule has 1 aliphatic rings. The summed E-state index contributed by atoms with van der Waals surface area (Å²) in [5.41, 5.74) is 2.48. The van der Waals surface area contributed by atoms with Crippen molar-refractivity contribution in [3.8, 4) is 0 Å². The first kappa shape index (κ1) is 15.0. The van der Waals surface area contributed by atoms with Crippen molar-refractivity contribution in [2.75, 3.05) is 6.54 Å². The summed E-state index contributed by atoms with van der Waals surface area (Å²) >= 11 is 0. The molecule has 1 fully saturated rings. The van der Waals surface area contributed by atoms with Crippen LogP contribution in [0.4, 0.5) is 0 Å². The van der Waals surface area contributed by atoms with Crippen LogP contribution in [0.15, 0.2) is 24.3 Å². The first-order valence-electron chi connectivity index (χ1n) is 7.81. The minimum absolute atomic E-state index is 0.0266. The lowest BCUT2D eigenvalue weighted by molar-refractivity contribution is -0.130. The second kappa shape index (κ2) is 6.89. The van der Waals surface area contributed by atoms with Crippen molar-refractivity contribution in [3.63, 3.8) is 0 Å². The van der Waals surface area contributed by atoms with Crippen molar-refractivity contribution >= 4 is 5.91 Å². The Bertz CT molecular complexity index is 458. The van der Waals surface area contributed by atoms with Gasteiger partial charge < -0.3 is 4.90 Å². The third-order valence-electron chi connectivity index (χ3n) is 4.15. The van der Waals surface area contributed by atoms with Crippen LogP contribution in [0.3, 0.4) is 0 Å². The molecule has 3 heteroatoms. The Balaban J connectivity index is 2.20. The van der Waals surface area contributed by atoms with Gasteiger partial charge in [-0.1, -0.05) is 51.0 Å².